The van der Waals surface area contributed by atoms with E-state index < -0.39 is 18.0 Å². The molecule has 1 aliphatic heterocycles. The average Bonchev–Trinajstić information content (AvgIpc) is 2.98. The number of rotatable bonds is 7. The predicted molar refractivity (Wildman–Crippen MR) is 153 cm³/mol. The molecule has 7 rings (SSSR count). The molecule has 0 saturated heterocycles. The maximum Gasteiger partial charge on any atom is 0.322 e. The van der Waals surface area contributed by atoms with E-state index in [9.17, 15) is 14.4 Å². The van der Waals surface area contributed by atoms with Crippen LogP contribution < -0.4 is 15.5 Å². The minimum Gasteiger partial charge on any atom is -0.322 e. The Bertz CT molecular complexity index is 1210. The minimum atomic E-state index is -1.25. The Morgan fingerprint density at radius 2 is 1.56 bits per heavy atom. The largest absolute Gasteiger partial charge is 0.322 e. The van der Waals surface area contributed by atoms with Crippen LogP contribution in [0.25, 0.3) is 0 Å². The van der Waals surface area contributed by atoms with Crippen LogP contribution >= 0.6 is 0 Å². The van der Waals surface area contributed by atoms with Crippen molar-refractivity contribution in [3.05, 3.63) is 54.6 Å². The molecule has 2 aromatic carbocycles. The molecule has 2 N–H and O–H groups in total. The van der Waals surface area contributed by atoms with Crippen LogP contribution in [0.2, 0.25) is 0 Å². The number of likely N-dealkylation sites (N-methyl/N-ethyl adjacent to an activating group) is 1. The zero-order chi connectivity index (χ0) is 27.1. The van der Waals surface area contributed by atoms with Crippen LogP contribution in [0.5, 0.6) is 0 Å². The normalized spacial score (nSPS) is 29.2. The second-order valence-electron chi connectivity index (χ2n) is 12.5. The van der Waals surface area contributed by atoms with Gasteiger partial charge in [-0.05, 0) is 100 Å². The molecule has 4 fully saturated rings. The zero-order valence-electron chi connectivity index (χ0n) is 22.9. The van der Waals surface area contributed by atoms with Gasteiger partial charge in [-0.1, -0.05) is 30.3 Å². The van der Waals surface area contributed by atoms with Gasteiger partial charge in [-0.3, -0.25) is 9.59 Å². The lowest BCUT2D eigenvalue weighted by atomic mass is 9.49. The zero-order valence-corrected chi connectivity index (χ0v) is 22.9. The van der Waals surface area contributed by atoms with Gasteiger partial charge in [0.2, 0.25) is 0 Å². The van der Waals surface area contributed by atoms with Crippen LogP contribution in [0, 0.1) is 23.2 Å². The number of carbonyl (C=O) groups excluding carboxylic acids is 3. The van der Waals surface area contributed by atoms with Gasteiger partial charge in [0, 0.05) is 25.3 Å². The number of fused-ring (bicyclic) bond motifs is 1. The first-order valence-electron chi connectivity index (χ1n) is 14.3. The van der Waals surface area contributed by atoms with Crippen molar-refractivity contribution < 1.29 is 14.4 Å². The number of benzene rings is 2. The Morgan fingerprint density at radius 3 is 2.21 bits per heavy atom. The number of urea groups is 1. The Kier molecular flexibility index (Phi) is 6.83. The van der Waals surface area contributed by atoms with Crippen LogP contribution in [0.1, 0.15) is 38.5 Å². The van der Waals surface area contributed by atoms with Crippen molar-refractivity contribution >= 4 is 34.9 Å². The first kappa shape index (κ1) is 25.9. The van der Waals surface area contributed by atoms with Gasteiger partial charge in [-0.25, -0.2) is 4.79 Å². The highest BCUT2D eigenvalue weighted by atomic mass is 16.2. The lowest BCUT2D eigenvalue weighted by molar-refractivity contribution is -0.133. The third-order valence-electron chi connectivity index (χ3n) is 9.24. The molecular formula is C31H39N5O3. The van der Waals surface area contributed by atoms with Crippen molar-refractivity contribution in [1.82, 2.24) is 9.80 Å². The third-order valence-corrected chi connectivity index (χ3v) is 9.24. The fourth-order valence-electron chi connectivity index (χ4n) is 8.04. The number of nitrogens with zero attached hydrogens (tertiary/aromatic N) is 3. The van der Waals surface area contributed by atoms with Crippen molar-refractivity contribution in [1.29, 1.82) is 0 Å². The molecule has 0 aromatic heterocycles. The maximum absolute atomic E-state index is 14.3. The second-order valence-corrected chi connectivity index (χ2v) is 12.5. The molecular weight excluding hydrogens is 490 g/mol. The summed E-state index contributed by atoms with van der Waals surface area (Å²) < 4.78 is 0. The lowest BCUT2D eigenvalue weighted by Crippen LogP contribution is -2.61. The topological polar surface area (TPSA) is 85.0 Å². The fourth-order valence-corrected chi connectivity index (χ4v) is 8.04. The summed E-state index contributed by atoms with van der Waals surface area (Å²) in [6.45, 7) is 1.46. The third kappa shape index (κ3) is 5.14. The van der Waals surface area contributed by atoms with Crippen molar-refractivity contribution in [2.45, 2.75) is 44.6 Å². The second kappa shape index (κ2) is 10.3. The van der Waals surface area contributed by atoms with Crippen molar-refractivity contribution in [3.63, 3.8) is 0 Å². The Morgan fingerprint density at radius 1 is 0.949 bits per heavy atom. The molecule has 8 heteroatoms. The molecule has 4 saturated carbocycles. The number of amides is 4. The van der Waals surface area contributed by atoms with E-state index in [0.29, 0.717) is 54.5 Å². The molecule has 0 radical (unpaired) electrons. The first-order valence-corrected chi connectivity index (χ1v) is 14.3. The standard InChI is InChI=1S/C31H39N5O3/c1-34(2)12-13-35-26-11-7-6-10-25(26)33-28(37)27(29(35)38)36(30(39)32-24-8-4-3-5-9-24)20-31-17-21-14-22(18-31)16-23(15-21)19-31/h3-11,21-23,27H,12-20H2,1-2H3,(H,32,39)(H,33,37). The Balaban J connectivity index is 1.37. The Hall–Kier alpha value is -3.39. The maximum atomic E-state index is 14.3. The van der Waals surface area contributed by atoms with E-state index in [0.717, 1.165) is 19.3 Å². The van der Waals surface area contributed by atoms with Gasteiger partial charge in [0.1, 0.15) is 0 Å². The molecule has 39 heavy (non-hydrogen) atoms. The quantitative estimate of drug-likeness (QED) is 0.512. The van der Waals surface area contributed by atoms with E-state index in [1.165, 1.54) is 19.3 Å². The van der Waals surface area contributed by atoms with E-state index in [2.05, 4.69) is 10.6 Å². The summed E-state index contributed by atoms with van der Waals surface area (Å²) in [5.41, 5.74) is 1.86. The number of para-hydroxylation sites is 3. The van der Waals surface area contributed by atoms with Gasteiger partial charge < -0.3 is 25.3 Å². The molecule has 4 amide bonds. The number of nitrogens with one attached hydrogen (secondary N) is 2. The molecule has 206 valence electrons. The smallest absolute Gasteiger partial charge is 0.322 e. The summed E-state index contributed by atoms with van der Waals surface area (Å²) in [5.74, 6) is 1.26. The molecule has 0 spiro atoms. The van der Waals surface area contributed by atoms with E-state index >= 15 is 0 Å². The summed E-state index contributed by atoms with van der Waals surface area (Å²) in [7, 11) is 3.92. The number of anilines is 3. The summed E-state index contributed by atoms with van der Waals surface area (Å²) in [5, 5.41) is 5.99. The molecule has 8 nitrogen and oxygen atoms in total. The van der Waals surface area contributed by atoms with E-state index in [1.807, 2.05) is 73.6 Å². The van der Waals surface area contributed by atoms with Crippen LogP contribution in [0.3, 0.4) is 0 Å². The summed E-state index contributed by atoms with van der Waals surface area (Å²) >= 11 is 0. The van der Waals surface area contributed by atoms with E-state index in [4.69, 9.17) is 0 Å². The monoisotopic (exact) mass is 529 g/mol. The molecule has 5 aliphatic rings. The highest BCUT2D eigenvalue weighted by molar-refractivity contribution is 6.21. The van der Waals surface area contributed by atoms with Crippen LogP contribution in [0.4, 0.5) is 21.9 Å². The average molecular weight is 530 g/mol. The highest BCUT2D eigenvalue weighted by Crippen LogP contribution is 2.60. The minimum absolute atomic E-state index is 0.0447. The van der Waals surface area contributed by atoms with Gasteiger partial charge in [0.05, 0.1) is 11.4 Å². The lowest BCUT2D eigenvalue weighted by Gasteiger charge is -2.58. The molecule has 4 aliphatic carbocycles. The highest BCUT2D eigenvalue weighted by Gasteiger charge is 2.53. The number of hydrogen-bond acceptors (Lipinski definition) is 4. The predicted octanol–water partition coefficient (Wildman–Crippen LogP) is 4.65. The van der Waals surface area contributed by atoms with E-state index in [1.54, 1.807) is 9.80 Å². The van der Waals surface area contributed by atoms with Crippen molar-refractivity contribution in [2.75, 3.05) is 49.3 Å². The molecule has 4 bridgehead atoms. The molecule has 1 atom stereocenters. The number of hydrogen-bond donors (Lipinski definition) is 2. The van der Waals surface area contributed by atoms with E-state index in [-0.39, 0.29) is 11.3 Å². The van der Waals surface area contributed by atoms with Gasteiger partial charge >= 0.3 is 6.03 Å². The molecule has 2 aromatic rings. The van der Waals surface area contributed by atoms with Gasteiger partial charge in [0.25, 0.3) is 11.8 Å². The first-order chi connectivity index (χ1) is 18.8. The van der Waals surface area contributed by atoms with Crippen molar-refractivity contribution in [2.24, 2.45) is 23.2 Å². The SMILES string of the molecule is CN(C)CCN1C(=O)C(N(CC23CC4CC(CC(C4)C2)C3)C(=O)Nc2ccccc2)C(=O)Nc2ccccc21. The fraction of sp³-hybridized carbons (Fsp3) is 0.516. The van der Waals surface area contributed by atoms with Crippen LogP contribution in [-0.4, -0.2) is 67.4 Å². The summed E-state index contributed by atoms with van der Waals surface area (Å²) in [4.78, 5) is 47.5. The van der Waals surface area contributed by atoms with Crippen LogP contribution in [-0.2, 0) is 9.59 Å². The Labute approximate surface area is 230 Å². The van der Waals surface area contributed by atoms with Gasteiger partial charge in [-0.2, -0.15) is 0 Å². The summed E-state index contributed by atoms with van der Waals surface area (Å²) in [6.07, 6.45) is 7.06. The van der Waals surface area contributed by atoms with Crippen LogP contribution in [0.15, 0.2) is 54.6 Å². The number of carbonyl (C=O) groups is 3. The molecule has 1 heterocycles. The van der Waals surface area contributed by atoms with Gasteiger partial charge in [-0.15, -0.1) is 0 Å². The van der Waals surface area contributed by atoms with Gasteiger partial charge in [0.15, 0.2) is 6.04 Å². The van der Waals surface area contributed by atoms with Crippen molar-refractivity contribution in [3.8, 4) is 0 Å². The summed E-state index contributed by atoms with van der Waals surface area (Å²) in [6, 6.07) is 15.0. The molecule has 1 unspecified atom stereocenters.